The smallest absolute Gasteiger partial charge is 0.191 e. The molecule has 18 heavy (non-hydrogen) atoms. The Labute approximate surface area is 109 Å². The quantitative estimate of drug-likeness (QED) is 0.766. The minimum Gasteiger partial charge on any atom is -0.400 e. The van der Waals surface area contributed by atoms with E-state index >= 15 is 0 Å². The van der Waals surface area contributed by atoms with E-state index in [0.717, 1.165) is 23.3 Å². The highest BCUT2D eigenvalue weighted by atomic mass is 32.2. The fourth-order valence-corrected chi connectivity index (χ4v) is 1.05. The van der Waals surface area contributed by atoms with E-state index in [1.165, 1.54) is 7.11 Å². The third-order valence-corrected chi connectivity index (χ3v) is 3.46. The topological polar surface area (TPSA) is 97.7 Å². The molecule has 8 heteroatoms. The van der Waals surface area contributed by atoms with Crippen molar-refractivity contribution in [1.82, 2.24) is 0 Å². The van der Waals surface area contributed by atoms with Gasteiger partial charge in [-0.2, -0.15) is 0 Å². The summed E-state index contributed by atoms with van der Waals surface area (Å²) >= 11 is 0. The molecule has 0 fully saturated rings. The number of rotatable bonds is 6. The second-order valence-corrected chi connectivity index (χ2v) is 6.36. The van der Waals surface area contributed by atoms with Gasteiger partial charge >= 0.3 is 0 Å². The minimum atomic E-state index is -3.13. The molecule has 0 atom stereocenters. The van der Waals surface area contributed by atoms with Gasteiger partial charge in [-0.05, 0) is 0 Å². The molecule has 0 saturated carbocycles. The second kappa shape index (κ2) is 12.5. The van der Waals surface area contributed by atoms with Gasteiger partial charge in [-0.15, -0.1) is 0 Å². The monoisotopic (exact) mass is 300 g/mol. The lowest BCUT2D eigenvalue weighted by molar-refractivity contribution is 0.217. The first-order valence-electron chi connectivity index (χ1n) is 4.53. The second-order valence-electron chi connectivity index (χ2n) is 2.45. The molecule has 0 aliphatic carbocycles. The average Bonchev–Trinajstić information content (AvgIpc) is 2.39. The fraction of sp³-hybridized carbons (Fsp3) is 0.400. The first-order valence-corrected chi connectivity index (χ1v) is 7.86. The zero-order valence-corrected chi connectivity index (χ0v) is 12.2. The van der Waals surface area contributed by atoms with Gasteiger partial charge in [0.25, 0.3) is 0 Å². The van der Waals surface area contributed by atoms with Crippen LogP contribution in [-0.4, -0.2) is 48.5 Å². The summed E-state index contributed by atoms with van der Waals surface area (Å²) in [6.07, 6.45) is 0. The Balaban J connectivity index is -0.000000225. The molecule has 0 aliphatic heterocycles. The van der Waals surface area contributed by atoms with Crippen LogP contribution in [0.3, 0.4) is 0 Å². The van der Waals surface area contributed by atoms with Crippen LogP contribution in [0.25, 0.3) is 0 Å². The van der Waals surface area contributed by atoms with Gasteiger partial charge < -0.3 is 9.84 Å². The van der Waals surface area contributed by atoms with Crippen molar-refractivity contribution in [2.24, 2.45) is 0 Å². The Kier molecular flexibility index (Phi) is 15.4. The number of methoxy groups -OCH3 is 1. The van der Waals surface area contributed by atoms with Crippen LogP contribution in [0.1, 0.15) is 0 Å². The molecule has 0 bridgehead atoms. The summed E-state index contributed by atoms with van der Waals surface area (Å²) in [5, 5.41) is 9.63. The molecular formula is C10H20O6S2. The third-order valence-electron chi connectivity index (χ3n) is 1.29. The summed E-state index contributed by atoms with van der Waals surface area (Å²) in [7, 11) is -3.72. The van der Waals surface area contributed by atoms with Gasteiger partial charge in [0, 0.05) is 30.4 Å². The van der Waals surface area contributed by atoms with Gasteiger partial charge in [-0.3, -0.25) is 0 Å². The minimum absolute atomic E-state index is 0.0208. The Bertz CT molecular complexity index is 405. The number of aliphatic hydroxyl groups is 1. The highest BCUT2D eigenvalue weighted by Crippen LogP contribution is 1.88. The van der Waals surface area contributed by atoms with Crippen LogP contribution in [0.5, 0.6) is 0 Å². The van der Waals surface area contributed by atoms with Crippen LogP contribution >= 0.6 is 0 Å². The Morgan fingerprint density at radius 2 is 1.39 bits per heavy atom. The van der Waals surface area contributed by atoms with Crippen LogP contribution in [0.4, 0.5) is 0 Å². The van der Waals surface area contributed by atoms with Crippen molar-refractivity contribution in [2.45, 2.75) is 0 Å². The molecule has 6 nitrogen and oxygen atoms in total. The van der Waals surface area contributed by atoms with Crippen LogP contribution in [0.15, 0.2) is 36.0 Å². The maximum atomic E-state index is 10.6. The van der Waals surface area contributed by atoms with Crippen molar-refractivity contribution in [2.75, 3.05) is 26.6 Å². The van der Waals surface area contributed by atoms with E-state index < -0.39 is 19.7 Å². The van der Waals surface area contributed by atoms with E-state index in [1.54, 1.807) is 0 Å². The van der Waals surface area contributed by atoms with Gasteiger partial charge in [0.05, 0.1) is 12.4 Å². The summed E-state index contributed by atoms with van der Waals surface area (Å²) in [5.74, 6) is 0.0208. The lowest BCUT2D eigenvalue weighted by Crippen LogP contribution is -2.07. The molecule has 0 radical (unpaired) electrons. The Hall–Kier alpha value is -0.960. The maximum absolute atomic E-state index is 10.6. The molecule has 1 N–H and O–H groups in total. The third kappa shape index (κ3) is 17.4. The maximum Gasteiger partial charge on any atom is 0.191 e. The highest BCUT2D eigenvalue weighted by Gasteiger charge is 2.01. The number of sulfone groups is 2. The van der Waals surface area contributed by atoms with E-state index in [0.29, 0.717) is 0 Å². The molecule has 0 unspecified atom stereocenters. The summed E-state index contributed by atoms with van der Waals surface area (Å²) in [4.78, 5) is 0. The van der Waals surface area contributed by atoms with Crippen LogP contribution < -0.4 is 0 Å². The zero-order chi connectivity index (χ0) is 15.2. The van der Waals surface area contributed by atoms with E-state index in [-0.39, 0.29) is 12.4 Å². The predicted molar refractivity (Wildman–Crippen MR) is 73.3 cm³/mol. The summed E-state index contributed by atoms with van der Waals surface area (Å²) in [6, 6.07) is 0. The van der Waals surface area contributed by atoms with Crippen molar-refractivity contribution in [3.63, 3.8) is 0 Å². The summed E-state index contributed by atoms with van der Waals surface area (Å²) < 4.78 is 45.9. The van der Waals surface area contributed by atoms with Crippen molar-refractivity contribution in [3.05, 3.63) is 36.0 Å². The molecule has 0 spiro atoms. The molecule has 0 aromatic carbocycles. The average molecular weight is 300 g/mol. The van der Waals surface area contributed by atoms with E-state index in [4.69, 9.17) is 5.11 Å². The van der Waals surface area contributed by atoms with Crippen molar-refractivity contribution in [3.8, 4) is 0 Å². The zero-order valence-electron chi connectivity index (χ0n) is 10.6. The molecule has 0 heterocycles. The molecule has 0 amide bonds. The first kappa shape index (κ1) is 22.2. The highest BCUT2D eigenvalue weighted by molar-refractivity contribution is 7.97. The Morgan fingerprint density at radius 3 is 1.56 bits per heavy atom. The fourth-order valence-electron chi connectivity index (χ4n) is 0.351. The van der Waals surface area contributed by atoms with Crippen molar-refractivity contribution < 1.29 is 26.7 Å². The standard InChI is InChI=1S/C5H10O3S.C4H6O2S.CH4O/c1-3-9(6,7)5-4-8-2;1-3-7(5,6)4-2;1-2/h3H,1,4-5H2,2H3;3-4H,1-2H2;2H,1H3. The van der Waals surface area contributed by atoms with Gasteiger partial charge in [0.1, 0.15) is 0 Å². The molecule has 0 aromatic heterocycles. The largest absolute Gasteiger partial charge is 0.400 e. The van der Waals surface area contributed by atoms with Crippen molar-refractivity contribution >= 4 is 19.7 Å². The molecule has 0 rings (SSSR count). The Morgan fingerprint density at radius 1 is 1.00 bits per heavy atom. The normalized spacial score (nSPS) is 9.94. The van der Waals surface area contributed by atoms with E-state index in [9.17, 15) is 16.8 Å². The van der Waals surface area contributed by atoms with Crippen LogP contribution in [-0.2, 0) is 24.4 Å². The summed E-state index contributed by atoms with van der Waals surface area (Å²) in [6.45, 7) is 9.46. The van der Waals surface area contributed by atoms with Crippen LogP contribution in [0, 0.1) is 0 Å². The first-order chi connectivity index (χ1) is 8.24. The van der Waals surface area contributed by atoms with E-state index in [1.807, 2.05) is 0 Å². The van der Waals surface area contributed by atoms with Gasteiger partial charge in [-0.25, -0.2) is 16.8 Å². The predicted octanol–water partition coefficient (Wildman–Crippen LogP) is 0.488. The number of hydrogen-bond acceptors (Lipinski definition) is 6. The molecule has 108 valence electrons. The lowest BCUT2D eigenvalue weighted by Gasteiger charge is -1.94. The number of aliphatic hydroxyl groups excluding tert-OH is 1. The summed E-state index contributed by atoms with van der Waals surface area (Å²) in [5.41, 5.74) is 0. The van der Waals surface area contributed by atoms with E-state index in [2.05, 4.69) is 24.5 Å². The van der Waals surface area contributed by atoms with Crippen LogP contribution in [0.2, 0.25) is 0 Å². The van der Waals surface area contributed by atoms with Crippen molar-refractivity contribution in [1.29, 1.82) is 0 Å². The molecule has 0 saturated heterocycles. The number of hydrogen-bond donors (Lipinski definition) is 1. The molecule has 0 aromatic rings. The SMILES string of the molecule is C=CS(=O)(=O)C=C.C=CS(=O)(=O)CCOC.CO. The lowest BCUT2D eigenvalue weighted by atomic mass is 10.9. The van der Waals surface area contributed by atoms with Gasteiger partial charge in [0.2, 0.25) is 0 Å². The molecule has 0 aliphatic rings. The number of ether oxygens (including phenoxy) is 1. The molecular weight excluding hydrogens is 280 g/mol. The van der Waals surface area contributed by atoms with Gasteiger partial charge in [-0.1, -0.05) is 19.7 Å². The van der Waals surface area contributed by atoms with Gasteiger partial charge in [0.15, 0.2) is 19.7 Å².